The van der Waals surface area contributed by atoms with Crippen LogP contribution in [0.1, 0.15) is 28.1 Å². The first-order valence-electron chi connectivity index (χ1n) is 7.73. The number of nitrogens with zero attached hydrogens (tertiary/aromatic N) is 1. The highest BCUT2D eigenvalue weighted by Crippen LogP contribution is 2.27. The third kappa shape index (κ3) is 4.29. The van der Waals surface area contributed by atoms with Crippen molar-refractivity contribution < 1.29 is 9.59 Å². The molecule has 2 heterocycles. The predicted molar refractivity (Wildman–Crippen MR) is 102 cm³/mol. The van der Waals surface area contributed by atoms with Crippen molar-refractivity contribution in [2.24, 2.45) is 0 Å². The number of rotatable bonds is 4. The van der Waals surface area contributed by atoms with E-state index in [1.807, 2.05) is 6.07 Å². The first-order valence-corrected chi connectivity index (χ1v) is 9.68. The lowest BCUT2D eigenvalue weighted by Gasteiger charge is -2.24. The SMILES string of the molecule is O=C(NCc1ccc(Cl)s1)C1CCCN1C(=O)c1cc(Cl)ccc1Cl. The number of carbonyl (C=O) groups is 2. The van der Waals surface area contributed by atoms with Crippen LogP contribution in [0.3, 0.4) is 0 Å². The van der Waals surface area contributed by atoms with Crippen molar-refractivity contribution in [3.8, 4) is 0 Å². The molecule has 132 valence electrons. The maximum atomic E-state index is 12.8. The summed E-state index contributed by atoms with van der Waals surface area (Å²) in [5, 5.41) is 3.64. The molecule has 2 aromatic rings. The average molecular weight is 418 g/mol. The molecule has 1 aliphatic rings. The Bertz CT molecular complexity index is 809. The Morgan fingerprint density at radius 3 is 2.72 bits per heavy atom. The van der Waals surface area contributed by atoms with E-state index in [-0.39, 0.29) is 11.8 Å². The molecular formula is C17H15Cl3N2O2S. The van der Waals surface area contributed by atoms with E-state index >= 15 is 0 Å². The second kappa shape index (κ2) is 7.96. The van der Waals surface area contributed by atoms with E-state index in [1.54, 1.807) is 23.1 Å². The van der Waals surface area contributed by atoms with Crippen LogP contribution >= 0.6 is 46.1 Å². The number of likely N-dealkylation sites (tertiary alicyclic amines) is 1. The van der Waals surface area contributed by atoms with Crippen molar-refractivity contribution in [3.63, 3.8) is 0 Å². The zero-order valence-corrected chi connectivity index (χ0v) is 16.2. The first kappa shape index (κ1) is 18.5. The zero-order chi connectivity index (χ0) is 18.0. The second-order valence-electron chi connectivity index (χ2n) is 5.70. The summed E-state index contributed by atoms with van der Waals surface area (Å²) in [6, 6.07) is 7.91. The number of amides is 2. The lowest BCUT2D eigenvalue weighted by atomic mass is 10.1. The van der Waals surface area contributed by atoms with Crippen molar-refractivity contribution >= 4 is 58.0 Å². The summed E-state index contributed by atoms with van der Waals surface area (Å²) in [6.07, 6.45) is 1.40. The first-order chi connectivity index (χ1) is 12.0. The summed E-state index contributed by atoms with van der Waals surface area (Å²) >= 11 is 19.4. The van der Waals surface area contributed by atoms with E-state index in [0.717, 1.165) is 11.3 Å². The van der Waals surface area contributed by atoms with Gasteiger partial charge >= 0.3 is 0 Å². The van der Waals surface area contributed by atoms with Crippen LogP contribution in [0.25, 0.3) is 0 Å². The van der Waals surface area contributed by atoms with Gasteiger partial charge in [-0.15, -0.1) is 11.3 Å². The van der Waals surface area contributed by atoms with Crippen molar-refractivity contribution in [2.75, 3.05) is 6.54 Å². The van der Waals surface area contributed by atoms with Gasteiger partial charge in [0.25, 0.3) is 5.91 Å². The minimum absolute atomic E-state index is 0.173. The monoisotopic (exact) mass is 416 g/mol. The Morgan fingerprint density at radius 1 is 1.20 bits per heavy atom. The van der Waals surface area contributed by atoms with Crippen molar-refractivity contribution in [1.29, 1.82) is 0 Å². The van der Waals surface area contributed by atoms with Crippen LogP contribution < -0.4 is 5.32 Å². The quantitative estimate of drug-likeness (QED) is 0.788. The van der Waals surface area contributed by atoms with Crippen LogP contribution in [0.5, 0.6) is 0 Å². The fraction of sp³-hybridized carbons (Fsp3) is 0.294. The maximum Gasteiger partial charge on any atom is 0.256 e. The smallest absolute Gasteiger partial charge is 0.256 e. The number of nitrogens with one attached hydrogen (secondary N) is 1. The number of hydrogen-bond donors (Lipinski definition) is 1. The van der Waals surface area contributed by atoms with E-state index < -0.39 is 6.04 Å². The fourth-order valence-electron chi connectivity index (χ4n) is 2.84. The molecule has 8 heteroatoms. The molecule has 1 fully saturated rings. The molecular weight excluding hydrogens is 403 g/mol. The van der Waals surface area contributed by atoms with Gasteiger partial charge in [0.05, 0.1) is 21.5 Å². The van der Waals surface area contributed by atoms with E-state index in [1.165, 1.54) is 17.4 Å². The summed E-state index contributed by atoms with van der Waals surface area (Å²) in [6.45, 7) is 0.914. The zero-order valence-electron chi connectivity index (χ0n) is 13.1. The van der Waals surface area contributed by atoms with Crippen LogP contribution in [-0.4, -0.2) is 29.3 Å². The molecule has 2 amide bonds. The molecule has 0 saturated carbocycles. The predicted octanol–water partition coefficient (Wildman–Crippen LogP) is 4.63. The third-order valence-corrected chi connectivity index (χ3v) is 5.84. The van der Waals surface area contributed by atoms with Crippen LogP contribution in [0.15, 0.2) is 30.3 Å². The van der Waals surface area contributed by atoms with E-state index in [9.17, 15) is 9.59 Å². The summed E-state index contributed by atoms with van der Waals surface area (Å²) in [4.78, 5) is 27.9. The molecule has 25 heavy (non-hydrogen) atoms. The van der Waals surface area contributed by atoms with Crippen LogP contribution in [-0.2, 0) is 11.3 Å². The van der Waals surface area contributed by atoms with E-state index in [0.29, 0.717) is 39.5 Å². The number of carbonyl (C=O) groups excluding carboxylic acids is 2. The molecule has 1 aromatic carbocycles. The molecule has 3 rings (SSSR count). The molecule has 1 unspecified atom stereocenters. The van der Waals surface area contributed by atoms with Crippen molar-refractivity contribution in [3.05, 3.63) is 55.2 Å². The summed E-state index contributed by atoms with van der Waals surface area (Å²) in [5.74, 6) is -0.446. The van der Waals surface area contributed by atoms with Gasteiger partial charge < -0.3 is 10.2 Å². The van der Waals surface area contributed by atoms with Gasteiger partial charge in [-0.05, 0) is 43.2 Å². The van der Waals surface area contributed by atoms with Gasteiger partial charge in [0.15, 0.2) is 0 Å². The van der Waals surface area contributed by atoms with Gasteiger partial charge in [-0.1, -0.05) is 34.8 Å². The molecule has 0 spiro atoms. The van der Waals surface area contributed by atoms with Gasteiger partial charge in [0.2, 0.25) is 5.91 Å². The molecule has 0 aliphatic carbocycles. The molecule has 4 nitrogen and oxygen atoms in total. The second-order valence-corrected chi connectivity index (χ2v) is 8.35. The number of thiophene rings is 1. The Hall–Kier alpha value is -1.27. The van der Waals surface area contributed by atoms with Gasteiger partial charge in [0, 0.05) is 16.4 Å². The van der Waals surface area contributed by atoms with Crippen molar-refractivity contribution in [2.45, 2.75) is 25.4 Å². The summed E-state index contributed by atoms with van der Waals surface area (Å²) in [5.41, 5.74) is 0.318. The number of halogens is 3. The van der Waals surface area contributed by atoms with Crippen molar-refractivity contribution in [1.82, 2.24) is 10.2 Å². The van der Waals surface area contributed by atoms with Gasteiger partial charge in [-0.2, -0.15) is 0 Å². The average Bonchev–Trinajstić information content (AvgIpc) is 3.23. The molecule has 1 saturated heterocycles. The Morgan fingerprint density at radius 2 is 2.00 bits per heavy atom. The number of benzene rings is 1. The molecule has 0 radical (unpaired) electrons. The van der Waals surface area contributed by atoms with Crippen LogP contribution in [0, 0.1) is 0 Å². The van der Waals surface area contributed by atoms with Crippen LogP contribution in [0.4, 0.5) is 0 Å². The molecule has 1 aromatic heterocycles. The molecule has 0 bridgehead atoms. The van der Waals surface area contributed by atoms with E-state index in [2.05, 4.69) is 5.32 Å². The number of hydrogen-bond acceptors (Lipinski definition) is 3. The van der Waals surface area contributed by atoms with Gasteiger partial charge in [-0.3, -0.25) is 9.59 Å². The minimum atomic E-state index is -0.502. The lowest BCUT2D eigenvalue weighted by Crippen LogP contribution is -2.45. The Labute approximate surface area is 164 Å². The fourth-order valence-corrected chi connectivity index (χ4v) is 4.24. The maximum absolute atomic E-state index is 12.8. The highest BCUT2D eigenvalue weighted by Gasteiger charge is 2.35. The highest BCUT2D eigenvalue weighted by atomic mass is 35.5. The molecule has 1 N–H and O–H groups in total. The standard InChI is InChI=1S/C17H15Cl3N2O2S/c18-10-3-5-13(19)12(8-10)17(24)22-7-1-2-14(22)16(23)21-9-11-4-6-15(20)25-11/h3-6,8,14H,1-2,7,9H2,(H,21,23). The Balaban J connectivity index is 1.70. The topological polar surface area (TPSA) is 49.4 Å². The minimum Gasteiger partial charge on any atom is -0.349 e. The molecule has 1 aliphatic heterocycles. The van der Waals surface area contributed by atoms with Gasteiger partial charge in [0.1, 0.15) is 6.04 Å². The normalized spacial score (nSPS) is 16.9. The van der Waals surface area contributed by atoms with Crippen LogP contribution in [0.2, 0.25) is 14.4 Å². The third-order valence-electron chi connectivity index (χ3n) is 4.04. The highest BCUT2D eigenvalue weighted by molar-refractivity contribution is 7.16. The molecule has 1 atom stereocenters. The lowest BCUT2D eigenvalue weighted by molar-refractivity contribution is -0.125. The summed E-state index contributed by atoms with van der Waals surface area (Å²) in [7, 11) is 0. The van der Waals surface area contributed by atoms with E-state index in [4.69, 9.17) is 34.8 Å². The van der Waals surface area contributed by atoms with Gasteiger partial charge in [-0.25, -0.2) is 0 Å². The summed E-state index contributed by atoms with van der Waals surface area (Å²) < 4.78 is 0.678. The Kier molecular flexibility index (Phi) is 5.89. The largest absolute Gasteiger partial charge is 0.349 e.